The Bertz CT molecular complexity index is 600. The molecule has 0 unspecified atom stereocenters. The molecule has 3 rings (SSSR count). The Labute approximate surface area is 129 Å². The summed E-state index contributed by atoms with van der Waals surface area (Å²) < 4.78 is 10.9. The molecule has 1 saturated carbocycles. The maximum atomic E-state index is 5.97. The summed E-state index contributed by atoms with van der Waals surface area (Å²) in [6.07, 6.45) is 2.21. The van der Waals surface area contributed by atoms with Crippen molar-refractivity contribution in [3.05, 3.63) is 52.8 Å². The van der Waals surface area contributed by atoms with Gasteiger partial charge in [-0.25, -0.2) is 0 Å². The van der Waals surface area contributed by atoms with Crippen LogP contribution in [0.1, 0.15) is 30.0 Å². The van der Waals surface area contributed by atoms with E-state index in [0.29, 0.717) is 23.7 Å². The molecule has 0 radical (unpaired) electrons. The minimum absolute atomic E-state index is 0.287. The zero-order valence-electron chi connectivity index (χ0n) is 11.8. The van der Waals surface area contributed by atoms with Crippen LogP contribution < -0.4 is 4.74 Å². The lowest BCUT2D eigenvalue weighted by Gasteiger charge is -2.34. The van der Waals surface area contributed by atoms with Crippen LogP contribution in [0.5, 0.6) is 6.01 Å². The highest BCUT2D eigenvalue weighted by Crippen LogP contribution is 2.39. The maximum absolute atomic E-state index is 5.97. The average molecular weight is 305 g/mol. The van der Waals surface area contributed by atoms with Crippen molar-refractivity contribution in [3.63, 3.8) is 0 Å². The largest absolute Gasteiger partial charge is 0.467 e. The van der Waals surface area contributed by atoms with E-state index in [4.69, 9.17) is 21.1 Å². The molecular weight excluding hydrogens is 288 g/mol. The quantitative estimate of drug-likeness (QED) is 0.792. The van der Waals surface area contributed by atoms with E-state index < -0.39 is 0 Å². The van der Waals surface area contributed by atoms with Crippen LogP contribution in [0.4, 0.5) is 0 Å². The summed E-state index contributed by atoms with van der Waals surface area (Å²) in [5.41, 5.74) is 2.14. The average Bonchev–Trinajstić information content (AvgIpc) is 2.46. The molecule has 5 heteroatoms. The van der Waals surface area contributed by atoms with Gasteiger partial charge < -0.3 is 9.47 Å². The van der Waals surface area contributed by atoms with Crippen molar-refractivity contribution in [1.82, 2.24) is 9.97 Å². The predicted octanol–water partition coefficient (Wildman–Crippen LogP) is 3.60. The topological polar surface area (TPSA) is 44.2 Å². The Morgan fingerprint density at radius 2 is 1.95 bits per heavy atom. The second kappa shape index (κ2) is 6.41. The third kappa shape index (κ3) is 3.52. The van der Waals surface area contributed by atoms with Crippen molar-refractivity contribution in [1.29, 1.82) is 0 Å². The van der Waals surface area contributed by atoms with Crippen LogP contribution in [0.2, 0.25) is 5.15 Å². The highest BCUT2D eigenvalue weighted by Gasteiger charge is 2.32. The Kier molecular flexibility index (Phi) is 4.36. The number of methoxy groups -OCH3 is 1. The Morgan fingerprint density at radius 3 is 2.67 bits per heavy atom. The molecule has 0 atom stereocenters. The van der Waals surface area contributed by atoms with E-state index in [0.717, 1.165) is 18.5 Å². The maximum Gasteiger partial charge on any atom is 0.317 e. The fourth-order valence-electron chi connectivity index (χ4n) is 2.45. The molecule has 1 aliphatic carbocycles. The van der Waals surface area contributed by atoms with Gasteiger partial charge in [-0.3, -0.25) is 0 Å². The van der Waals surface area contributed by atoms with Crippen LogP contribution in [0.3, 0.4) is 0 Å². The van der Waals surface area contributed by atoms with Gasteiger partial charge in [0, 0.05) is 5.92 Å². The number of benzene rings is 1. The Morgan fingerprint density at radius 1 is 1.19 bits per heavy atom. The predicted molar refractivity (Wildman–Crippen MR) is 80.6 cm³/mol. The SMILES string of the molecule is COc1nc(Cl)cc([C@H]2C[C@H](OCc3ccccc3)C2)n1. The van der Waals surface area contributed by atoms with Gasteiger partial charge in [-0.15, -0.1) is 0 Å². The van der Waals surface area contributed by atoms with Gasteiger partial charge in [0.2, 0.25) is 0 Å². The monoisotopic (exact) mass is 304 g/mol. The molecule has 1 aliphatic rings. The van der Waals surface area contributed by atoms with Crippen LogP contribution in [-0.2, 0) is 11.3 Å². The van der Waals surface area contributed by atoms with Gasteiger partial charge in [0.25, 0.3) is 0 Å². The van der Waals surface area contributed by atoms with E-state index in [-0.39, 0.29) is 6.10 Å². The minimum atomic E-state index is 0.287. The number of rotatable bonds is 5. The second-order valence-electron chi connectivity index (χ2n) is 5.19. The summed E-state index contributed by atoms with van der Waals surface area (Å²) in [6.45, 7) is 0.659. The summed E-state index contributed by atoms with van der Waals surface area (Å²) in [4.78, 5) is 8.34. The standard InChI is InChI=1S/C16H17ClN2O2/c1-20-16-18-14(9-15(17)19-16)12-7-13(8-12)21-10-11-5-3-2-4-6-11/h2-6,9,12-13H,7-8,10H2,1H3/t12-,13-. The van der Waals surface area contributed by atoms with Crippen LogP contribution >= 0.6 is 11.6 Å². The van der Waals surface area contributed by atoms with E-state index in [1.54, 1.807) is 7.11 Å². The van der Waals surface area contributed by atoms with Gasteiger partial charge in [-0.05, 0) is 24.5 Å². The fraction of sp³-hybridized carbons (Fsp3) is 0.375. The molecule has 0 saturated heterocycles. The Balaban J connectivity index is 1.52. The summed E-state index contributed by atoms with van der Waals surface area (Å²) in [5, 5.41) is 0.422. The van der Waals surface area contributed by atoms with Crippen molar-refractivity contribution in [2.75, 3.05) is 7.11 Å². The van der Waals surface area contributed by atoms with Crippen LogP contribution in [-0.4, -0.2) is 23.2 Å². The first-order valence-electron chi connectivity index (χ1n) is 6.98. The van der Waals surface area contributed by atoms with E-state index in [1.165, 1.54) is 5.56 Å². The summed E-state index contributed by atoms with van der Waals surface area (Å²) in [6, 6.07) is 12.3. The summed E-state index contributed by atoms with van der Waals surface area (Å²) >= 11 is 5.97. The minimum Gasteiger partial charge on any atom is -0.467 e. The summed E-state index contributed by atoms with van der Waals surface area (Å²) in [5.74, 6) is 0.375. The Hall–Kier alpha value is -1.65. The van der Waals surface area contributed by atoms with E-state index in [9.17, 15) is 0 Å². The zero-order chi connectivity index (χ0) is 14.7. The fourth-order valence-corrected chi connectivity index (χ4v) is 2.63. The normalized spacial score (nSPS) is 20.9. The van der Waals surface area contributed by atoms with Crippen molar-refractivity contribution in [2.45, 2.75) is 31.5 Å². The first-order chi connectivity index (χ1) is 10.2. The molecule has 21 heavy (non-hydrogen) atoms. The van der Waals surface area contributed by atoms with Crippen molar-refractivity contribution < 1.29 is 9.47 Å². The van der Waals surface area contributed by atoms with Crippen molar-refractivity contribution in [2.24, 2.45) is 0 Å². The number of aromatic nitrogens is 2. The van der Waals surface area contributed by atoms with Gasteiger partial charge in [0.1, 0.15) is 5.15 Å². The smallest absolute Gasteiger partial charge is 0.317 e. The van der Waals surface area contributed by atoms with Gasteiger partial charge in [-0.1, -0.05) is 41.9 Å². The van der Waals surface area contributed by atoms with E-state index in [1.807, 2.05) is 24.3 Å². The molecule has 4 nitrogen and oxygen atoms in total. The van der Waals surface area contributed by atoms with Crippen molar-refractivity contribution in [3.8, 4) is 6.01 Å². The number of ether oxygens (including phenoxy) is 2. The lowest BCUT2D eigenvalue weighted by Crippen LogP contribution is -2.30. The molecule has 0 N–H and O–H groups in total. The van der Waals surface area contributed by atoms with E-state index >= 15 is 0 Å². The lowest BCUT2D eigenvalue weighted by atomic mass is 9.80. The second-order valence-corrected chi connectivity index (χ2v) is 5.58. The third-order valence-corrected chi connectivity index (χ3v) is 3.91. The van der Waals surface area contributed by atoms with Gasteiger partial charge >= 0.3 is 6.01 Å². The summed E-state index contributed by atoms with van der Waals surface area (Å²) in [7, 11) is 1.54. The molecule has 0 spiro atoms. The molecule has 1 aromatic carbocycles. The molecule has 1 heterocycles. The van der Waals surface area contributed by atoms with Crippen molar-refractivity contribution >= 4 is 11.6 Å². The van der Waals surface area contributed by atoms with Gasteiger partial charge in [0.15, 0.2) is 0 Å². The highest BCUT2D eigenvalue weighted by atomic mass is 35.5. The zero-order valence-corrected chi connectivity index (χ0v) is 12.6. The van der Waals surface area contributed by atoms with Crippen LogP contribution in [0.25, 0.3) is 0 Å². The number of nitrogens with zero attached hydrogens (tertiary/aromatic N) is 2. The van der Waals surface area contributed by atoms with Crippen LogP contribution in [0, 0.1) is 0 Å². The van der Waals surface area contributed by atoms with Gasteiger partial charge in [0.05, 0.1) is 25.5 Å². The molecular formula is C16H17ClN2O2. The number of hydrogen-bond acceptors (Lipinski definition) is 4. The van der Waals surface area contributed by atoms with E-state index in [2.05, 4.69) is 22.1 Å². The molecule has 2 aromatic rings. The molecule has 1 fully saturated rings. The van der Waals surface area contributed by atoms with Crippen LogP contribution in [0.15, 0.2) is 36.4 Å². The lowest BCUT2D eigenvalue weighted by molar-refractivity contribution is -0.0215. The molecule has 110 valence electrons. The van der Waals surface area contributed by atoms with Gasteiger partial charge in [-0.2, -0.15) is 9.97 Å². The molecule has 0 amide bonds. The molecule has 0 bridgehead atoms. The number of hydrogen-bond donors (Lipinski definition) is 0. The third-order valence-electron chi connectivity index (χ3n) is 3.72. The first kappa shape index (κ1) is 14.3. The molecule has 1 aromatic heterocycles. The first-order valence-corrected chi connectivity index (χ1v) is 7.36. The molecule has 0 aliphatic heterocycles. The number of halogens is 1. The highest BCUT2D eigenvalue weighted by molar-refractivity contribution is 6.29.